The molecule has 0 aromatic heterocycles. The third kappa shape index (κ3) is 14.7. The summed E-state index contributed by atoms with van der Waals surface area (Å²) < 4.78 is 26.0. The van der Waals surface area contributed by atoms with Crippen molar-refractivity contribution < 1.29 is 47.7 Å². The lowest BCUT2D eigenvalue weighted by atomic mass is 9.61. The molecule has 6 atom stereocenters. The fourth-order valence-corrected chi connectivity index (χ4v) is 7.95. The first-order valence-electron chi connectivity index (χ1n) is 16.9. The van der Waals surface area contributed by atoms with Crippen LogP contribution in [0.2, 0.25) is 0 Å². The Bertz CT molecular complexity index is 1160. The van der Waals surface area contributed by atoms with Crippen molar-refractivity contribution >= 4 is 30.2 Å². The van der Waals surface area contributed by atoms with Gasteiger partial charge in [0.2, 0.25) is 0 Å². The van der Waals surface area contributed by atoms with Gasteiger partial charge in [0, 0.05) is 31.1 Å². The van der Waals surface area contributed by atoms with E-state index >= 15 is 0 Å². The van der Waals surface area contributed by atoms with Gasteiger partial charge in [-0.05, 0) is 80.5 Å². The van der Waals surface area contributed by atoms with E-state index in [2.05, 4.69) is 64.1 Å². The van der Waals surface area contributed by atoms with E-state index < -0.39 is 36.5 Å². The van der Waals surface area contributed by atoms with Gasteiger partial charge in [0.15, 0.2) is 0 Å². The molecule has 0 aromatic carbocycles. The number of hydrogen-bond donors (Lipinski definition) is 3. The Morgan fingerprint density at radius 2 is 1.27 bits per heavy atom. The molecular weight excluding hydrogens is 622 g/mol. The van der Waals surface area contributed by atoms with Gasteiger partial charge in [-0.15, -0.1) is 0 Å². The molecule has 0 spiro atoms. The number of hydrogen-bond acceptors (Lipinski definition) is 10. The summed E-state index contributed by atoms with van der Waals surface area (Å²) in [5.74, 6) is -0.949. The average molecular weight is 682 g/mol. The molecule has 3 amide bonds. The van der Waals surface area contributed by atoms with Gasteiger partial charge in [0.25, 0.3) is 0 Å². The minimum Gasteiger partial charge on any atom is -0.459 e. The molecule has 2 fully saturated rings. The maximum Gasteiger partial charge on any atom is 0.407 e. The molecule has 0 heterocycles. The summed E-state index contributed by atoms with van der Waals surface area (Å²) in [7, 11) is 1.33. The average Bonchev–Trinajstić information content (AvgIpc) is 2.94. The normalized spacial score (nSPS) is 27.2. The molecule has 2 aliphatic rings. The van der Waals surface area contributed by atoms with Crippen molar-refractivity contribution in [3.8, 4) is 0 Å². The molecule has 0 saturated heterocycles. The number of alkyl carbamates (subject to hydrolysis) is 3. The van der Waals surface area contributed by atoms with E-state index in [1.165, 1.54) is 7.11 Å². The molecule has 2 rings (SSSR count). The number of carbonyl (C=O) groups is 5. The Labute approximate surface area is 285 Å². The Morgan fingerprint density at radius 1 is 0.750 bits per heavy atom. The molecule has 3 N–H and O–H groups in total. The highest BCUT2D eigenvalue weighted by Gasteiger charge is 2.43. The van der Waals surface area contributed by atoms with Crippen LogP contribution in [0.1, 0.15) is 107 Å². The molecule has 0 aliphatic heterocycles. The van der Waals surface area contributed by atoms with E-state index in [1.54, 1.807) is 13.8 Å². The summed E-state index contributed by atoms with van der Waals surface area (Å²) in [6.45, 7) is 19.7. The van der Waals surface area contributed by atoms with Crippen molar-refractivity contribution in [1.29, 1.82) is 0 Å². The zero-order chi connectivity index (χ0) is 36.3. The molecule has 6 unspecified atom stereocenters. The third-order valence-electron chi connectivity index (χ3n) is 9.03. The molecule has 48 heavy (non-hydrogen) atoms. The molecule has 0 radical (unpaired) electrons. The van der Waals surface area contributed by atoms with Crippen LogP contribution in [0.15, 0.2) is 12.7 Å². The van der Waals surface area contributed by atoms with Gasteiger partial charge in [-0.25, -0.2) is 19.2 Å². The number of carbonyl (C=O) groups excluding carboxylic acids is 5. The Balaban J connectivity index is 1.81. The van der Waals surface area contributed by atoms with Gasteiger partial charge in [-0.1, -0.05) is 48.1 Å². The van der Waals surface area contributed by atoms with Crippen LogP contribution in [-0.4, -0.2) is 81.4 Å². The number of methoxy groups -OCH3 is 1. The minimum atomic E-state index is -0.679. The quantitative estimate of drug-likeness (QED) is 0.116. The number of esters is 2. The van der Waals surface area contributed by atoms with Crippen molar-refractivity contribution in [2.75, 3.05) is 26.9 Å². The molecule has 13 heteroatoms. The Morgan fingerprint density at radius 3 is 1.85 bits per heavy atom. The number of nitrogens with one attached hydrogen (secondary N) is 3. The summed E-state index contributed by atoms with van der Waals surface area (Å²) in [6.07, 6.45) is 3.45. The number of ether oxygens (including phenoxy) is 5. The van der Waals surface area contributed by atoms with E-state index in [1.807, 2.05) is 0 Å². The van der Waals surface area contributed by atoms with Crippen molar-refractivity contribution in [3.05, 3.63) is 12.7 Å². The second-order valence-corrected chi connectivity index (χ2v) is 16.1. The fraction of sp³-hybridized carbons (Fsp3) is 0.800. The van der Waals surface area contributed by atoms with Crippen molar-refractivity contribution in [2.24, 2.45) is 21.7 Å². The van der Waals surface area contributed by atoms with Crippen LogP contribution in [0.5, 0.6) is 0 Å². The second-order valence-electron chi connectivity index (χ2n) is 16.1. The largest absolute Gasteiger partial charge is 0.459 e. The molecule has 13 nitrogen and oxygen atoms in total. The van der Waals surface area contributed by atoms with Gasteiger partial charge < -0.3 is 39.6 Å². The van der Waals surface area contributed by atoms with Crippen LogP contribution in [0.25, 0.3) is 0 Å². The molecule has 0 aromatic rings. The van der Waals surface area contributed by atoms with Crippen molar-refractivity contribution in [1.82, 2.24) is 16.0 Å². The van der Waals surface area contributed by atoms with Crippen LogP contribution >= 0.6 is 0 Å². The highest BCUT2D eigenvalue weighted by atomic mass is 16.6. The molecule has 2 saturated carbocycles. The molecular formula is C35H59N3O10. The summed E-state index contributed by atoms with van der Waals surface area (Å²) >= 11 is 0. The van der Waals surface area contributed by atoms with Crippen LogP contribution in [-0.2, 0) is 33.3 Å². The smallest absolute Gasteiger partial charge is 0.407 e. The van der Waals surface area contributed by atoms with Crippen molar-refractivity contribution in [2.45, 2.75) is 131 Å². The predicted molar refractivity (Wildman–Crippen MR) is 179 cm³/mol. The van der Waals surface area contributed by atoms with E-state index in [-0.39, 0.29) is 59.3 Å². The van der Waals surface area contributed by atoms with E-state index in [4.69, 9.17) is 23.7 Å². The lowest BCUT2D eigenvalue weighted by Gasteiger charge is -2.47. The van der Waals surface area contributed by atoms with Gasteiger partial charge in [-0.2, -0.15) is 0 Å². The van der Waals surface area contributed by atoms with Gasteiger partial charge in [0.1, 0.15) is 25.4 Å². The second kappa shape index (κ2) is 17.2. The van der Waals surface area contributed by atoms with Crippen LogP contribution in [0.4, 0.5) is 14.4 Å². The standard InChI is InChI=1S/C35H59N3O10/c1-11-27(39)45-18-23(2)47-28(40)12-13-34(8)16-25(14-32(4,5)20-34)37-30(42)46-19-24(3)48-31(43)38-26-15-33(6,7)21-35(9,17-26)22-36-29(41)44-10/h11,23-26H,1,12-22H2,2-10H3,(H,36,41)(H,37,42)(H,38,43). The lowest BCUT2D eigenvalue weighted by molar-refractivity contribution is -0.156. The summed E-state index contributed by atoms with van der Waals surface area (Å²) in [5, 5.41) is 8.71. The summed E-state index contributed by atoms with van der Waals surface area (Å²) in [6, 6.07) is -0.324. The maximum absolute atomic E-state index is 12.8. The zero-order valence-electron chi connectivity index (χ0n) is 30.5. The number of rotatable bonds is 14. The Hall–Kier alpha value is -3.51. The molecule has 274 valence electrons. The van der Waals surface area contributed by atoms with E-state index in [9.17, 15) is 24.0 Å². The lowest BCUT2D eigenvalue weighted by Crippen LogP contribution is -2.51. The predicted octanol–water partition coefficient (Wildman–Crippen LogP) is 5.79. The van der Waals surface area contributed by atoms with Gasteiger partial charge >= 0.3 is 30.2 Å². The van der Waals surface area contributed by atoms with Crippen molar-refractivity contribution in [3.63, 3.8) is 0 Å². The Kier molecular flexibility index (Phi) is 14.6. The van der Waals surface area contributed by atoms with E-state index in [0.29, 0.717) is 25.8 Å². The highest BCUT2D eigenvalue weighted by molar-refractivity contribution is 5.81. The minimum absolute atomic E-state index is 0.0423. The molecule has 2 aliphatic carbocycles. The monoisotopic (exact) mass is 681 g/mol. The topological polar surface area (TPSA) is 168 Å². The first kappa shape index (κ1) is 40.7. The maximum atomic E-state index is 12.8. The SMILES string of the molecule is C=CC(=O)OCC(C)OC(=O)CCC1(C)CC(NC(=O)OCC(C)OC(=O)NC2CC(C)(C)CC(C)(CNC(=O)OC)C2)CC(C)(C)C1. The summed E-state index contributed by atoms with van der Waals surface area (Å²) in [5.41, 5.74) is -0.625. The third-order valence-corrected chi connectivity index (χ3v) is 9.03. The van der Waals surface area contributed by atoms with Gasteiger partial charge in [0.05, 0.1) is 7.11 Å². The molecule has 0 bridgehead atoms. The number of amides is 3. The summed E-state index contributed by atoms with van der Waals surface area (Å²) in [4.78, 5) is 60.9. The first-order chi connectivity index (χ1) is 22.2. The van der Waals surface area contributed by atoms with Crippen LogP contribution in [0, 0.1) is 21.7 Å². The zero-order valence-corrected chi connectivity index (χ0v) is 30.5. The fourth-order valence-electron chi connectivity index (χ4n) is 7.95. The first-order valence-corrected chi connectivity index (χ1v) is 16.9. The van der Waals surface area contributed by atoms with Crippen LogP contribution in [0.3, 0.4) is 0 Å². The highest BCUT2D eigenvalue weighted by Crippen LogP contribution is 2.49. The van der Waals surface area contributed by atoms with E-state index in [0.717, 1.165) is 31.8 Å². The van der Waals surface area contributed by atoms with Gasteiger partial charge in [-0.3, -0.25) is 4.79 Å². The van der Waals surface area contributed by atoms with Crippen LogP contribution < -0.4 is 16.0 Å².